The molecular weight excluding hydrogens is 435 g/mol. The first-order chi connectivity index (χ1) is 13.8. The van der Waals surface area contributed by atoms with Gasteiger partial charge in [-0.1, -0.05) is 23.2 Å². The number of hydrogen-bond acceptors (Lipinski definition) is 3. The van der Waals surface area contributed by atoms with Gasteiger partial charge in [0, 0.05) is 16.7 Å². The van der Waals surface area contributed by atoms with Gasteiger partial charge in [0.2, 0.25) is 11.6 Å². The van der Waals surface area contributed by atoms with E-state index in [0.29, 0.717) is 5.02 Å². The minimum absolute atomic E-state index is 0.0806. The summed E-state index contributed by atoms with van der Waals surface area (Å²) in [5, 5.41) is 0.573. The molecule has 1 heterocycles. The lowest BCUT2D eigenvalue weighted by molar-refractivity contribution is 0.104. The van der Waals surface area contributed by atoms with Gasteiger partial charge in [-0.05, 0) is 42.5 Å². The van der Waals surface area contributed by atoms with Crippen molar-refractivity contribution >= 4 is 35.1 Å². The molecule has 0 atom stereocenters. The van der Waals surface area contributed by atoms with Gasteiger partial charge in [-0.2, -0.15) is 8.78 Å². The van der Waals surface area contributed by atoms with Crippen LogP contribution in [0.5, 0.6) is 5.75 Å². The Balaban J connectivity index is 1.69. The molecule has 0 saturated heterocycles. The zero-order chi connectivity index (χ0) is 21.1. The fourth-order valence-electron chi connectivity index (χ4n) is 2.32. The Labute approximate surface area is 172 Å². The number of carbonyl (C=O) groups excluding carboxylic acids is 1. The minimum atomic E-state index is -1.65. The lowest BCUT2D eigenvalue weighted by atomic mass is 10.1. The zero-order valence-electron chi connectivity index (χ0n) is 14.3. The molecule has 0 aliphatic carbocycles. The topological polar surface area (TPSA) is 39.4 Å². The van der Waals surface area contributed by atoms with Crippen LogP contribution < -0.4 is 4.74 Å². The summed E-state index contributed by atoms with van der Waals surface area (Å²) in [5.41, 5.74) is 0.238. The largest absolute Gasteiger partial charge is 0.479 e. The Morgan fingerprint density at radius 1 is 1.00 bits per heavy atom. The zero-order valence-corrected chi connectivity index (χ0v) is 15.8. The number of furan rings is 1. The first kappa shape index (κ1) is 21.0. The maximum Gasteiger partial charge on any atom is 0.203 e. The molecule has 0 radical (unpaired) electrons. The van der Waals surface area contributed by atoms with Crippen LogP contribution in [0.25, 0.3) is 6.08 Å². The van der Waals surface area contributed by atoms with E-state index in [-0.39, 0.29) is 28.2 Å². The molecule has 9 heteroatoms. The van der Waals surface area contributed by atoms with E-state index in [9.17, 15) is 22.4 Å². The van der Waals surface area contributed by atoms with Crippen molar-refractivity contribution in [3.8, 4) is 5.75 Å². The van der Waals surface area contributed by atoms with E-state index in [1.165, 1.54) is 42.5 Å². The summed E-state index contributed by atoms with van der Waals surface area (Å²) < 4.78 is 63.6. The summed E-state index contributed by atoms with van der Waals surface area (Å²) in [6.45, 7) is -0.498. The summed E-state index contributed by atoms with van der Waals surface area (Å²) >= 11 is 11.7. The number of carbonyl (C=O) groups is 1. The Morgan fingerprint density at radius 3 is 2.34 bits per heavy atom. The molecule has 0 unspecified atom stereocenters. The van der Waals surface area contributed by atoms with Crippen molar-refractivity contribution in [3.05, 3.63) is 92.9 Å². The smallest absolute Gasteiger partial charge is 0.203 e. The van der Waals surface area contributed by atoms with Crippen molar-refractivity contribution < 1.29 is 31.5 Å². The van der Waals surface area contributed by atoms with E-state index in [1.807, 2.05) is 0 Å². The lowest BCUT2D eigenvalue weighted by Crippen LogP contribution is -2.03. The van der Waals surface area contributed by atoms with Crippen LogP contribution in [0.2, 0.25) is 10.0 Å². The fraction of sp³-hybridized carbons (Fsp3) is 0.0500. The van der Waals surface area contributed by atoms with E-state index in [1.54, 1.807) is 0 Å². The molecule has 0 amide bonds. The van der Waals surface area contributed by atoms with Gasteiger partial charge in [0.1, 0.15) is 18.1 Å². The quantitative estimate of drug-likeness (QED) is 0.185. The summed E-state index contributed by atoms with van der Waals surface area (Å²) in [6, 6.07) is 7.37. The van der Waals surface area contributed by atoms with Crippen LogP contribution in [0.3, 0.4) is 0 Å². The molecule has 0 spiro atoms. The number of ketones is 1. The van der Waals surface area contributed by atoms with Crippen molar-refractivity contribution in [1.82, 2.24) is 0 Å². The van der Waals surface area contributed by atoms with E-state index < -0.39 is 41.4 Å². The predicted molar refractivity (Wildman–Crippen MR) is 99.1 cm³/mol. The highest BCUT2D eigenvalue weighted by Gasteiger charge is 2.21. The van der Waals surface area contributed by atoms with Gasteiger partial charge in [-0.3, -0.25) is 4.79 Å². The van der Waals surface area contributed by atoms with Crippen LogP contribution in [0.1, 0.15) is 21.9 Å². The first-order valence-electron chi connectivity index (χ1n) is 7.98. The van der Waals surface area contributed by atoms with Crippen LogP contribution in [-0.4, -0.2) is 5.78 Å². The highest BCUT2D eigenvalue weighted by Crippen LogP contribution is 2.27. The molecule has 0 aliphatic heterocycles. The molecule has 3 nitrogen and oxygen atoms in total. The number of ether oxygens (including phenoxy) is 1. The summed E-state index contributed by atoms with van der Waals surface area (Å²) in [6.07, 6.45) is 2.56. The second-order valence-electron chi connectivity index (χ2n) is 5.71. The summed E-state index contributed by atoms with van der Waals surface area (Å²) in [7, 11) is 0. The summed E-state index contributed by atoms with van der Waals surface area (Å²) in [4.78, 5) is 12.2. The van der Waals surface area contributed by atoms with Gasteiger partial charge in [0.15, 0.2) is 23.2 Å². The number of benzene rings is 2. The van der Waals surface area contributed by atoms with Crippen LogP contribution in [0.15, 0.2) is 46.9 Å². The van der Waals surface area contributed by atoms with Gasteiger partial charge in [0.25, 0.3) is 0 Å². The van der Waals surface area contributed by atoms with Crippen molar-refractivity contribution in [2.24, 2.45) is 0 Å². The average molecular weight is 445 g/mol. The van der Waals surface area contributed by atoms with Gasteiger partial charge in [-0.15, -0.1) is 0 Å². The van der Waals surface area contributed by atoms with E-state index >= 15 is 0 Å². The van der Waals surface area contributed by atoms with Crippen LogP contribution in [0.4, 0.5) is 17.6 Å². The predicted octanol–water partition coefficient (Wildman–Crippen LogP) is 6.62. The van der Waals surface area contributed by atoms with E-state index in [2.05, 4.69) is 0 Å². The average Bonchev–Trinajstić information content (AvgIpc) is 3.12. The standard InChI is InChI=1S/C20H10Cl2F4O3/c21-10-1-5-13(14(22)7-10)17(27)6-4-11-2-3-12(29-11)9-28-20-18(25)15(23)8-16(24)19(20)26/h1-8H,9H2/b6-4+. The molecule has 3 aromatic rings. The van der Waals surface area contributed by atoms with E-state index in [0.717, 1.165) is 0 Å². The molecule has 0 aliphatic rings. The van der Waals surface area contributed by atoms with Crippen LogP contribution in [0, 0.1) is 23.3 Å². The second kappa shape index (κ2) is 8.71. The Hall–Kier alpha value is -2.77. The fourth-order valence-corrected chi connectivity index (χ4v) is 2.82. The first-order valence-corrected chi connectivity index (χ1v) is 8.74. The molecule has 0 fully saturated rings. The van der Waals surface area contributed by atoms with Gasteiger partial charge in [0.05, 0.1) is 5.02 Å². The van der Waals surface area contributed by atoms with Crippen LogP contribution >= 0.6 is 23.2 Å². The Kier molecular flexibility index (Phi) is 6.30. The third-order valence-corrected chi connectivity index (χ3v) is 4.26. The van der Waals surface area contributed by atoms with Gasteiger partial charge >= 0.3 is 0 Å². The minimum Gasteiger partial charge on any atom is -0.479 e. The van der Waals surface area contributed by atoms with Crippen LogP contribution in [-0.2, 0) is 6.61 Å². The second-order valence-corrected chi connectivity index (χ2v) is 6.56. The number of halogens is 6. The molecule has 29 heavy (non-hydrogen) atoms. The van der Waals surface area contributed by atoms with Gasteiger partial charge in [-0.25, -0.2) is 8.78 Å². The lowest BCUT2D eigenvalue weighted by Gasteiger charge is -2.08. The van der Waals surface area contributed by atoms with Crippen molar-refractivity contribution in [2.45, 2.75) is 6.61 Å². The maximum absolute atomic E-state index is 13.6. The van der Waals surface area contributed by atoms with Crippen molar-refractivity contribution in [3.63, 3.8) is 0 Å². The monoisotopic (exact) mass is 444 g/mol. The normalized spacial score (nSPS) is 11.2. The van der Waals surface area contributed by atoms with Crippen molar-refractivity contribution in [1.29, 1.82) is 0 Å². The molecule has 3 rings (SSSR count). The SMILES string of the molecule is O=C(/C=C/c1ccc(COc2c(F)c(F)cc(F)c2F)o1)c1ccc(Cl)cc1Cl. The van der Waals surface area contributed by atoms with Crippen molar-refractivity contribution in [2.75, 3.05) is 0 Å². The van der Waals surface area contributed by atoms with Gasteiger partial charge < -0.3 is 9.15 Å². The third-order valence-electron chi connectivity index (χ3n) is 3.71. The number of allylic oxidation sites excluding steroid dienone is 1. The molecule has 0 saturated carbocycles. The maximum atomic E-state index is 13.6. The highest BCUT2D eigenvalue weighted by atomic mass is 35.5. The Morgan fingerprint density at radius 2 is 1.69 bits per heavy atom. The number of rotatable bonds is 6. The Bertz CT molecular complexity index is 1080. The highest BCUT2D eigenvalue weighted by molar-refractivity contribution is 6.37. The molecule has 0 N–H and O–H groups in total. The molecule has 0 bridgehead atoms. The summed E-state index contributed by atoms with van der Waals surface area (Å²) in [5.74, 6) is -7.73. The molecule has 2 aromatic carbocycles. The third kappa shape index (κ3) is 4.81. The molecule has 1 aromatic heterocycles. The number of hydrogen-bond donors (Lipinski definition) is 0. The molecule has 150 valence electrons. The van der Waals surface area contributed by atoms with E-state index in [4.69, 9.17) is 32.4 Å². The molecular formula is C20H10Cl2F4O3.